The minimum Gasteiger partial charge on any atom is -1.00 e. The van der Waals surface area contributed by atoms with Crippen LogP contribution < -0.4 is 44.5 Å². The average Bonchev–Trinajstić information content (AvgIpc) is 3.51. The molecule has 2 N–H and O–H groups in total. The molecule has 0 unspecified atom stereocenters. The molecule has 0 atom stereocenters. The van der Waals surface area contributed by atoms with Gasteiger partial charge >= 0.3 is 11.9 Å². The molecule has 0 fully saturated rings. The molecule has 0 aliphatic carbocycles. The molecule has 0 bridgehead atoms. The van der Waals surface area contributed by atoms with E-state index in [0.29, 0.717) is 32.3 Å². The molecule has 2 heterocycles. The number of H-pyrrole nitrogens is 1. The number of hydrogen-bond donors (Lipinski definition) is 2. The summed E-state index contributed by atoms with van der Waals surface area (Å²) in [6, 6.07) is 36.7. The summed E-state index contributed by atoms with van der Waals surface area (Å²) in [4.78, 5) is 62.9. The topological polar surface area (TPSA) is 127 Å². The number of anilines is 1. The highest BCUT2D eigenvalue weighted by molar-refractivity contribution is 8.04. The number of carbonyl (C=O) groups is 3. The van der Waals surface area contributed by atoms with Crippen molar-refractivity contribution < 1.29 is 36.3 Å². The lowest BCUT2D eigenvalue weighted by Crippen LogP contribution is -3.00. The average molecular weight is 833 g/mol. The maximum Gasteiger partial charge on any atom is 0.348 e. The molecule has 0 saturated carbocycles. The quantitative estimate of drug-likeness (QED) is 0.0770. The summed E-state index contributed by atoms with van der Waals surface area (Å²) in [6.07, 6.45) is 0. The normalized spacial score (nSPS) is 11.0. The van der Waals surface area contributed by atoms with E-state index in [1.807, 2.05) is 91.0 Å². The molecule has 282 valence electrons. The number of thiophene rings is 1. The number of nitrogens with zero attached hydrogens (tertiary/aromatic N) is 1. The van der Waals surface area contributed by atoms with Gasteiger partial charge in [0.2, 0.25) is 11.2 Å². The summed E-state index contributed by atoms with van der Waals surface area (Å²) in [5, 5.41) is 7.12. The Kier molecular flexibility index (Phi) is 14.1. The number of aromatic amines is 1. The van der Waals surface area contributed by atoms with E-state index in [1.54, 1.807) is 45.0 Å². The molecule has 1 amide bonds. The molecule has 0 aliphatic rings. The first-order chi connectivity index (χ1) is 26.2. The van der Waals surface area contributed by atoms with E-state index in [0.717, 1.165) is 39.0 Å². The lowest BCUT2D eigenvalue weighted by atomic mass is 10.1. The Morgan fingerprint density at radius 2 is 1.31 bits per heavy atom. The predicted molar refractivity (Wildman–Crippen MR) is 220 cm³/mol. The van der Waals surface area contributed by atoms with Crippen molar-refractivity contribution in [2.45, 2.75) is 25.8 Å². The van der Waals surface area contributed by atoms with Crippen LogP contribution in [0.15, 0.2) is 125 Å². The summed E-state index contributed by atoms with van der Waals surface area (Å²) in [5.74, 6) is -1.62. The highest BCUT2D eigenvalue weighted by Gasteiger charge is 2.52. The van der Waals surface area contributed by atoms with E-state index in [9.17, 15) is 19.2 Å². The molecule has 14 heteroatoms. The number of benzene rings is 4. The van der Waals surface area contributed by atoms with Crippen LogP contribution in [0.4, 0.5) is 5.00 Å². The van der Waals surface area contributed by atoms with E-state index in [-0.39, 0.29) is 52.4 Å². The van der Waals surface area contributed by atoms with Crippen LogP contribution in [0.5, 0.6) is 0 Å². The first-order valence-corrected chi connectivity index (χ1v) is 21.0. The fourth-order valence-electron chi connectivity index (χ4n) is 6.12. The lowest BCUT2D eigenvalue weighted by molar-refractivity contribution is -0.113. The molecule has 2 aromatic heterocycles. The molecule has 0 saturated heterocycles. The van der Waals surface area contributed by atoms with Crippen LogP contribution in [0.2, 0.25) is 5.02 Å². The van der Waals surface area contributed by atoms with Crippen LogP contribution in [0.3, 0.4) is 0 Å². The Hall–Kier alpha value is -4.77. The fourth-order valence-corrected chi connectivity index (χ4v) is 12.9. The van der Waals surface area contributed by atoms with Gasteiger partial charge in [0.1, 0.15) is 36.6 Å². The van der Waals surface area contributed by atoms with Crippen molar-refractivity contribution in [2.24, 2.45) is 0 Å². The SMILES string of the molecule is CCOC(=O)c1sc(NC(=O)CSc2nc(-c3ccc(Cl)cc3)[nH]c(=O)c2[P+](c2ccccc2)(c2ccccc2)c2ccccc2)c(C(=O)OCC)c1C.[Cl-]. The van der Waals surface area contributed by atoms with Crippen LogP contribution in [0, 0.1) is 6.92 Å². The molecule has 4 aromatic carbocycles. The van der Waals surface area contributed by atoms with Gasteiger partial charge in [0, 0.05) is 10.6 Å². The Labute approximate surface area is 338 Å². The second kappa shape index (κ2) is 18.7. The Balaban J connectivity index is 0.00000580. The van der Waals surface area contributed by atoms with Gasteiger partial charge in [0.25, 0.3) is 5.56 Å². The molecule has 6 aromatic rings. The summed E-state index contributed by atoms with van der Waals surface area (Å²) >= 11 is 8.27. The van der Waals surface area contributed by atoms with E-state index >= 15 is 0 Å². The minimum absolute atomic E-state index is 0. The summed E-state index contributed by atoms with van der Waals surface area (Å²) < 4.78 is 10.5. The number of amides is 1. The van der Waals surface area contributed by atoms with Crippen molar-refractivity contribution in [3.8, 4) is 11.4 Å². The van der Waals surface area contributed by atoms with Gasteiger partial charge in [0.15, 0.2) is 7.26 Å². The molecule has 55 heavy (non-hydrogen) atoms. The molecule has 0 radical (unpaired) electrons. The van der Waals surface area contributed by atoms with Crippen LogP contribution in [-0.2, 0) is 14.3 Å². The van der Waals surface area contributed by atoms with Crippen molar-refractivity contribution in [1.82, 2.24) is 9.97 Å². The van der Waals surface area contributed by atoms with Crippen LogP contribution in [0.25, 0.3) is 11.4 Å². The third-order valence-electron chi connectivity index (χ3n) is 8.43. The minimum atomic E-state index is -2.97. The number of carbonyl (C=O) groups excluding carboxylic acids is 3. The number of ether oxygens (including phenoxy) is 2. The van der Waals surface area contributed by atoms with Gasteiger partial charge in [-0.25, -0.2) is 14.6 Å². The van der Waals surface area contributed by atoms with Gasteiger partial charge in [-0.2, -0.15) is 0 Å². The third kappa shape index (κ3) is 8.72. The summed E-state index contributed by atoms with van der Waals surface area (Å²) in [6.45, 7) is 5.23. The number of thioether (sulfide) groups is 1. The van der Waals surface area contributed by atoms with Gasteiger partial charge in [-0.05, 0) is 87.0 Å². The molecular formula is C41H36Cl2N3O6PS2. The van der Waals surface area contributed by atoms with Crippen molar-refractivity contribution in [3.05, 3.63) is 147 Å². The van der Waals surface area contributed by atoms with E-state index < -0.39 is 25.1 Å². The Morgan fingerprint density at radius 3 is 1.82 bits per heavy atom. The third-order valence-corrected chi connectivity index (χ3v) is 15.3. The van der Waals surface area contributed by atoms with Crippen molar-refractivity contribution >= 4 is 86.0 Å². The van der Waals surface area contributed by atoms with Crippen LogP contribution in [-0.4, -0.2) is 46.8 Å². The first-order valence-electron chi connectivity index (χ1n) is 17.1. The second-order valence-electron chi connectivity index (χ2n) is 11.8. The highest BCUT2D eigenvalue weighted by Crippen LogP contribution is 2.54. The number of nitrogens with one attached hydrogen (secondary N) is 2. The lowest BCUT2D eigenvalue weighted by Gasteiger charge is -2.28. The van der Waals surface area contributed by atoms with E-state index in [4.69, 9.17) is 26.1 Å². The number of hydrogen-bond acceptors (Lipinski definition) is 9. The maximum absolute atomic E-state index is 14.8. The van der Waals surface area contributed by atoms with Gasteiger partial charge in [-0.15, -0.1) is 11.3 Å². The maximum atomic E-state index is 14.8. The van der Waals surface area contributed by atoms with Crippen molar-refractivity contribution in [2.75, 3.05) is 24.3 Å². The number of halogens is 2. The first kappa shape index (κ1) is 41.4. The largest absolute Gasteiger partial charge is 1.00 e. The molecule has 6 rings (SSSR count). The smallest absolute Gasteiger partial charge is 0.348 e. The summed E-state index contributed by atoms with van der Waals surface area (Å²) in [5.41, 5.74) is 0.733. The molecule has 9 nitrogen and oxygen atoms in total. The fraction of sp³-hybridized carbons (Fsp3) is 0.146. The molecule has 0 spiro atoms. The molecular weight excluding hydrogens is 796 g/mol. The number of aromatic nitrogens is 2. The predicted octanol–water partition coefficient (Wildman–Crippen LogP) is 4.17. The number of rotatable bonds is 13. The standard InChI is InChI=1S/C41H35ClN3O6PS2.ClH/c1-4-50-40(48)33-26(3)35(41(49)51-5-2)54-38(33)43-32(46)25-53-39-34(37(47)44-36(45-39)27-21-23-28(42)24-22-27)52(29-15-9-6-10-16-29,30-17-11-7-12-18-30)31-19-13-8-14-20-31;/h6-24H,4-5,25H2,1-3H3,(H-,43,44,45,46,47,48,49);1H. The molecule has 0 aliphatic heterocycles. The Bertz CT molecular complexity index is 2250. The monoisotopic (exact) mass is 831 g/mol. The van der Waals surface area contributed by atoms with Gasteiger partial charge in [-0.3, -0.25) is 9.59 Å². The second-order valence-corrected chi connectivity index (χ2v) is 17.5. The van der Waals surface area contributed by atoms with E-state index in [1.165, 1.54) is 0 Å². The highest BCUT2D eigenvalue weighted by atomic mass is 35.5. The van der Waals surface area contributed by atoms with E-state index in [2.05, 4.69) is 10.3 Å². The van der Waals surface area contributed by atoms with Crippen molar-refractivity contribution in [3.63, 3.8) is 0 Å². The van der Waals surface area contributed by atoms with Crippen LogP contribution >= 0.6 is 42.0 Å². The van der Waals surface area contributed by atoms with Gasteiger partial charge in [-0.1, -0.05) is 78.0 Å². The zero-order valence-electron chi connectivity index (χ0n) is 30.0. The van der Waals surface area contributed by atoms with Gasteiger partial charge < -0.3 is 32.2 Å². The zero-order chi connectivity index (χ0) is 38.2. The van der Waals surface area contributed by atoms with Gasteiger partial charge in [0.05, 0.1) is 24.5 Å². The zero-order valence-corrected chi connectivity index (χ0v) is 34.0. The Morgan fingerprint density at radius 1 is 0.800 bits per heavy atom. The number of esters is 2. The van der Waals surface area contributed by atoms with Crippen molar-refractivity contribution in [1.29, 1.82) is 0 Å². The summed E-state index contributed by atoms with van der Waals surface area (Å²) in [7, 11) is -2.97. The van der Waals surface area contributed by atoms with Crippen LogP contribution in [0.1, 0.15) is 39.4 Å².